The van der Waals surface area contributed by atoms with Crippen molar-refractivity contribution in [3.8, 4) is 5.75 Å². The largest absolute Gasteiger partial charge is 0.573 e. The summed E-state index contributed by atoms with van der Waals surface area (Å²) in [6.45, 7) is 1.29. The molecular weight excluding hydrogens is 247 g/mol. The number of rotatable bonds is 6. The second kappa shape index (κ2) is 6.61. The Morgan fingerprint density at radius 2 is 2.06 bits per heavy atom. The summed E-state index contributed by atoms with van der Waals surface area (Å²) in [5.74, 6) is -0.212. The monoisotopic (exact) mass is 263 g/mol. The lowest BCUT2D eigenvalue weighted by molar-refractivity contribution is -0.274. The molecule has 102 valence electrons. The molecule has 1 aromatic carbocycles. The molecule has 3 nitrogen and oxygen atoms in total. The van der Waals surface area contributed by atoms with E-state index < -0.39 is 6.36 Å². The van der Waals surface area contributed by atoms with Gasteiger partial charge in [-0.25, -0.2) is 0 Å². The zero-order valence-corrected chi connectivity index (χ0v) is 10.1. The van der Waals surface area contributed by atoms with Crippen molar-refractivity contribution in [1.82, 2.24) is 4.90 Å². The van der Waals surface area contributed by atoms with Gasteiger partial charge in [0.2, 0.25) is 0 Å². The molecule has 0 fully saturated rings. The molecule has 0 heterocycles. The van der Waals surface area contributed by atoms with Gasteiger partial charge in [-0.05, 0) is 31.2 Å². The van der Waals surface area contributed by atoms with E-state index in [-0.39, 0.29) is 12.4 Å². The van der Waals surface area contributed by atoms with Crippen molar-refractivity contribution in [2.45, 2.75) is 19.3 Å². The van der Waals surface area contributed by atoms with Crippen LogP contribution in [-0.2, 0) is 6.54 Å². The van der Waals surface area contributed by atoms with E-state index in [9.17, 15) is 13.2 Å². The first kappa shape index (κ1) is 14.8. The normalized spacial score (nSPS) is 11.9. The minimum absolute atomic E-state index is 0.0988. The van der Waals surface area contributed by atoms with E-state index >= 15 is 0 Å². The number of benzene rings is 1. The minimum atomic E-state index is -4.67. The Bertz CT molecular complexity index is 369. The fourth-order valence-corrected chi connectivity index (χ4v) is 1.57. The molecule has 0 bridgehead atoms. The molecular formula is C12H16F3NO2. The molecule has 0 unspecified atom stereocenters. The smallest absolute Gasteiger partial charge is 0.406 e. The molecule has 0 aliphatic rings. The Morgan fingerprint density at radius 1 is 1.33 bits per heavy atom. The van der Waals surface area contributed by atoms with Gasteiger partial charge in [0.1, 0.15) is 5.75 Å². The summed E-state index contributed by atoms with van der Waals surface area (Å²) in [5, 5.41) is 8.68. The summed E-state index contributed by atoms with van der Waals surface area (Å²) in [4.78, 5) is 1.92. The van der Waals surface area contributed by atoms with Crippen LogP contribution in [0.5, 0.6) is 5.75 Å². The summed E-state index contributed by atoms with van der Waals surface area (Å²) in [6, 6.07) is 5.89. The van der Waals surface area contributed by atoms with Crippen LogP contribution < -0.4 is 4.74 Å². The van der Waals surface area contributed by atoms with Crippen molar-refractivity contribution in [2.75, 3.05) is 20.2 Å². The van der Waals surface area contributed by atoms with Crippen molar-refractivity contribution in [1.29, 1.82) is 0 Å². The van der Waals surface area contributed by atoms with Gasteiger partial charge in [0, 0.05) is 19.7 Å². The molecule has 0 spiro atoms. The molecule has 0 saturated carbocycles. The van der Waals surface area contributed by atoms with Crippen molar-refractivity contribution >= 4 is 0 Å². The summed E-state index contributed by atoms with van der Waals surface area (Å²) >= 11 is 0. The van der Waals surface area contributed by atoms with E-state index in [1.165, 1.54) is 18.2 Å². The quantitative estimate of drug-likeness (QED) is 0.855. The van der Waals surface area contributed by atoms with E-state index in [1.54, 1.807) is 6.07 Å². The average molecular weight is 263 g/mol. The first-order valence-corrected chi connectivity index (χ1v) is 5.55. The van der Waals surface area contributed by atoms with Gasteiger partial charge >= 0.3 is 6.36 Å². The van der Waals surface area contributed by atoms with Crippen LogP contribution in [0.4, 0.5) is 13.2 Å². The number of ether oxygens (including phenoxy) is 1. The zero-order valence-electron chi connectivity index (χ0n) is 10.1. The summed E-state index contributed by atoms with van der Waals surface area (Å²) < 4.78 is 40.0. The van der Waals surface area contributed by atoms with Crippen molar-refractivity contribution in [3.63, 3.8) is 0 Å². The lowest BCUT2D eigenvalue weighted by atomic mass is 10.2. The van der Waals surface area contributed by atoms with E-state index in [4.69, 9.17) is 5.11 Å². The van der Waals surface area contributed by atoms with Gasteiger partial charge in [0.25, 0.3) is 0 Å². The van der Waals surface area contributed by atoms with E-state index in [0.717, 1.165) is 5.56 Å². The summed E-state index contributed by atoms with van der Waals surface area (Å²) in [5.41, 5.74) is 0.734. The van der Waals surface area contributed by atoms with Gasteiger partial charge in [0.05, 0.1) is 0 Å². The number of alkyl halides is 3. The predicted octanol–water partition coefficient (Wildman–Crippen LogP) is 2.40. The molecule has 0 aliphatic carbocycles. The second-order valence-corrected chi connectivity index (χ2v) is 4.01. The molecule has 0 aromatic heterocycles. The van der Waals surface area contributed by atoms with Crippen LogP contribution in [0.15, 0.2) is 24.3 Å². The Hall–Kier alpha value is -1.27. The SMILES string of the molecule is CN(CCCO)Cc1cccc(OC(F)(F)F)c1. The van der Waals surface area contributed by atoms with Gasteiger partial charge in [-0.3, -0.25) is 0 Å². The zero-order chi connectivity index (χ0) is 13.6. The van der Waals surface area contributed by atoms with Crippen molar-refractivity contribution in [3.05, 3.63) is 29.8 Å². The van der Waals surface area contributed by atoms with Crippen LogP contribution in [0.2, 0.25) is 0 Å². The summed E-state index contributed by atoms with van der Waals surface area (Å²) in [7, 11) is 1.84. The van der Waals surface area contributed by atoms with Gasteiger partial charge in [-0.15, -0.1) is 13.2 Å². The number of aliphatic hydroxyl groups is 1. The van der Waals surface area contributed by atoms with Gasteiger partial charge in [0.15, 0.2) is 0 Å². The second-order valence-electron chi connectivity index (χ2n) is 4.01. The first-order chi connectivity index (χ1) is 8.40. The highest BCUT2D eigenvalue weighted by Crippen LogP contribution is 2.23. The maximum Gasteiger partial charge on any atom is 0.573 e. The van der Waals surface area contributed by atoms with Gasteiger partial charge in [-0.2, -0.15) is 0 Å². The number of aliphatic hydroxyl groups excluding tert-OH is 1. The molecule has 1 N–H and O–H groups in total. The maximum atomic E-state index is 12.0. The topological polar surface area (TPSA) is 32.7 Å². The number of nitrogens with zero attached hydrogens (tertiary/aromatic N) is 1. The van der Waals surface area contributed by atoms with Crippen LogP contribution in [0.3, 0.4) is 0 Å². The Labute approximate surface area is 104 Å². The molecule has 1 rings (SSSR count). The minimum Gasteiger partial charge on any atom is -0.406 e. The molecule has 1 aromatic rings. The average Bonchev–Trinajstić information content (AvgIpc) is 2.24. The lowest BCUT2D eigenvalue weighted by Crippen LogP contribution is -2.20. The van der Waals surface area contributed by atoms with E-state index in [1.807, 2.05) is 11.9 Å². The van der Waals surface area contributed by atoms with Crippen LogP contribution in [0.1, 0.15) is 12.0 Å². The van der Waals surface area contributed by atoms with Crippen LogP contribution in [0.25, 0.3) is 0 Å². The van der Waals surface area contributed by atoms with Gasteiger partial charge in [-0.1, -0.05) is 12.1 Å². The first-order valence-electron chi connectivity index (χ1n) is 5.55. The van der Waals surface area contributed by atoms with Gasteiger partial charge < -0.3 is 14.7 Å². The number of hydrogen-bond acceptors (Lipinski definition) is 3. The molecule has 0 radical (unpaired) electrons. The molecule has 6 heteroatoms. The van der Waals surface area contributed by atoms with Crippen LogP contribution in [0, 0.1) is 0 Å². The highest BCUT2D eigenvalue weighted by atomic mass is 19.4. The molecule has 0 atom stereocenters. The number of halogens is 3. The Morgan fingerprint density at radius 3 is 2.67 bits per heavy atom. The summed E-state index contributed by atoms with van der Waals surface area (Å²) in [6.07, 6.45) is -4.03. The predicted molar refractivity (Wildman–Crippen MR) is 61.2 cm³/mol. The Balaban J connectivity index is 2.59. The van der Waals surface area contributed by atoms with Crippen LogP contribution >= 0.6 is 0 Å². The van der Waals surface area contributed by atoms with E-state index in [2.05, 4.69) is 4.74 Å². The van der Waals surface area contributed by atoms with Crippen molar-refractivity contribution < 1.29 is 23.0 Å². The van der Waals surface area contributed by atoms with E-state index in [0.29, 0.717) is 19.5 Å². The molecule has 0 amide bonds. The van der Waals surface area contributed by atoms with Crippen LogP contribution in [-0.4, -0.2) is 36.6 Å². The van der Waals surface area contributed by atoms with Crippen molar-refractivity contribution in [2.24, 2.45) is 0 Å². The third-order valence-corrected chi connectivity index (χ3v) is 2.28. The number of hydrogen-bond donors (Lipinski definition) is 1. The third-order valence-electron chi connectivity index (χ3n) is 2.28. The highest BCUT2D eigenvalue weighted by Gasteiger charge is 2.31. The fourth-order valence-electron chi connectivity index (χ4n) is 1.57. The molecule has 0 aliphatic heterocycles. The fraction of sp³-hybridized carbons (Fsp3) is 0.500. The maximum absolute atomic E-state index is 12.0. The standard InChI is InChI=1S/C12H16F3NO2/c1-16(6-3-7-17)9-10-4-2-5-11(8-10)18-12(13,14)15/h2,4-5,8,17H,3,6-7,9H2,1H3. The lowest BCUT2D eigenvalue weighted by Gasteiger charge is -2.16. The Kier molecular flexibility index (Phi) is 5.43. The third kappa shape index (κ3) is 5.88. The molecule has 18 heavy (non-hydrogen) atoms. The highest BCUT2D eigenvalue weighted by molar-refractivity contribution is 5.28. The molecule has 0 saturated heterocycles.